The van der Waals surface area contributed by atoms with E-state index in [1.807, 2.05) is 0 Å². The Balaban J connectivity index is 2.78. The highest BCUT2D eigenvalue weighted by Gasteiger charge is 2.19. The van der Waals surface area contributed by atoms with Crippen molar-refractivity contribution in [3.8, 4) is 0 Å². The summed E-state index contributed by atoms with van der Waals surface area (Å²) < 4.78 is 40.6. The van der Waals surface area contributed by atoms with Gasteiger partial charge in [-0.2, -0.15) is 8.42 Å². The molecule has 0 aliphatic heterocycles. The molecule has 0 saturated heterocycles. The van der Waals surface area contributed by atoms with E-state index in [1.165, 1.54) is 12.1 Å². The molecule has 0 saturated carbocycles. The average molecular weight is 240 g/mol. The zero-order valence-electron chi connectivity index (χ0n) is 8.48. The Labute approximate surface area is 92.6 Å². The van der Waals surface area contributed by atoms with Crippen LogP contribution in [0.1, 0.15) is 0 Å². The molecule has 0 atom stereocenters. The van der Waals surface area contributed by atoms with Crippen LogP contribution in [0.4, 0.5) is 4.39 Å². The molecule has 0 aliphatic carbocycles. The Morgan fingerprint density at radius 3 is 2.25 bits per heavy atom. The van der Waals surface area contributed by atoms with Crippen molar-refractivity contribution < 1.29 is 17.0 Å². The summed E-state index contributed by atoms with van der Waals surface area (Å²) in [5, 5.41) is 1.30. The number of halogens is 1. The van der Waals surface area contributed by atoms with Crippen LogP contribution < -0.4 is 0 Å². The number of rotatable bonds is 2. The molecule has 0 unspecified atom stereocenters. The van der Waals surface area contributed by atoms with Crippen molar-refractivity contribution in [3.05, 3.63) is 42.2 Å². The van der Waals surface area contributed by atoms with Gasteiger partial charge < -0.3 is 0 Å². The van der Waals surface area contributed by atoms with E-state index in [-0.39, 0.29) is 0 Å². The SMILES string of the molecule is COS(=O)(=O)c1cc2ccccc2cc1F. The summed E-state index contributed by atoms with van der Waals surface area (Å²) in [7, 11) is -2.99. The molecule has 2 aromatic carbocycles. The van der Waals surface area contributed by atoms with Crippen LogP contribution in [0, 0.1) is 5.82 Å². The fourth-order valence-electron chi connectivity index (χ4n) is 1.47. The van der Waals surface area contributed by atoms with Crippen LogP contribution in [-0.4, -0.2) is 15.5 Å². The molecule has 0 N–H and O–H groups in total. The molecular formula is C11H9FO3S. The molecule has 3 nitrogen and oxygen atoms in total. The monoisotopic (exact) mass is 240 g/mol. The highest BCUT2D eigenvalue weighted by molar-refractivity contribution is 7.86. The van der Waals surface area contributed by atoms with Crippen molar-refractivity contribution in [1.29, 1.82) is 0 Å². The molecule has 16 heavy (non-hydrogen) atoms. The van der Waals surface area contributed by atoms with Crippen LogP contribution in [0.5, 0.6) is 0 Å². The molecule has 0 fully saturated rings. The predicted molar refractivity (Wildman–Crippen MR) is 58.1 cm³/mol. The lowest BCUT2D eigenvalue weighted by atomic mass is 10.1. The van der Waals surface area contributed by atoms with Crippen molar-refractivity contribution in [2.24, 2.45) is 0 Å². The Bertz CT molecular complexity index is 635. The van der Waals surface area contributed by atoms with E-state index >= 15 is 0 Å². The summed E-state index contributed by atoms with van der Waals surface area (Å²) in [5.74, 6) is -0.805. The van der Waals surface area contributed by atoms with Gasteiger partial charge in [0, 0.05) is 0 Å². The maximum absolute atomic E-state index is 13.5. The van der Waals surface area contributed by atoms with Crippen LogP contribution in [0.2, 0.25) is 0 Å². The second-order valence-corrected chi connectivity index (χ2v) is 4.93. The van der Waals surface area contributed by atoms with Gasteiger partial charge in [0.2, 0.25) is 0 Å². The van der Waals surface area contributed by atoms with Gasteiger partial charge >= 0.3 is 0 Å². The second kappa shape index (κ2) is 3.84. The highest BCUT2D eigenvalue weighted by atomic mass is 32.2. The van der Waals surface area contributed by atoms with E-state index in [4.69, 9.17) is 0 Å². The molecule has 0 bridgehead atoms. The van der Waals surface area contributed by atoms with Gasteiger partial charge in [0.05, 0.1) is 7.11 Å². The number of hydrogen-bond acceptors (Lipinski definition) is 3. The lowest BCUT2D eigenvalue weighted by Gasteiger charge is -2.05. The lowest BCUT2D eigenvalue weighted by molar-refractivity contribution is 0.393. The lowest BCUT2D eigenvalue weighted by Crippen LogP contribution is -2.05. The molecular weight excluding hydrogens is 231 g/mol. The van der Waals surface area contributed by atoms with Crippen LogP contribution in [0.3, 0.4) is 0 Å². The van der Waals surface area contributed by atoms with Crippen molar-refractivity contribution in [2.75, 3.05) is 7.11 Å². The average Bonchev–Trinajstić information content (AvgIpc) is 2.28. The van der Waals surface area contributed by atoms with Crippen molar-refractivity contribution in [2.45, 2.75) is 4.90 Å². The largest absolute Gasteiger partial charge is 0.299 e. The van der Waals surface area contributed by atoms with Gasteiger partial charge in [-0.1, -0.05) is 24.3 Å². The zero-order chi connectivity index (χ0) is 11.8. The molecule has 0 radical (unpaired) electrons. The standard InChI is InChI=1S/C11H9FO3S/c1-15-16(13,14)11-7-9-5-3-2-4-8(9)6-10(11)12/h2-7H,1H3. The third-order valence-corrected chi connectivity index (χ3v) is 3.58. The van der Waals surface area contributed by atoms with Gasteiger partial charge in [0.15, 0.2) is 0 Å². The topological polar surface area (TPSA) is 43.4 Å². The zero-order valence-corrected chi connectivity index (χ0v) is 9.29. The summed E-state index contributed by atoms with van der Waals surface area (Å²) in [6.45, 7) is 0. The maximum atomic E-state index is 13.5. The van der Waals surface area contributed by atoms with Gasteiger partial charge in [-0.25, -0.2) is 4.39 Å². The van der Waals surface area contributed by atoms with Crippen LogP contribution >= 0.6 is 0 Å². The number of benzene rings is 2. The Morgan fingerprint density at radius 1 is 1.12 bits per heavy atom. The summed E-state index contributed by atoms with van der Waals surface area (Å²) in [5.41, 5.74) is 0. The minimum atomic E-state index is -4.00. The molecule has 0 aromatic heterocycles. The fraction of sp³-hybridized carbons (Fsp3) is 0.0909. The normalized spacial score (nSPS) is 11.9. The van der Waals surface area contributed by atoms with Gasteiger partial charge in [-0.15, -0.1) is 0 Å². The fourth-order valence-corrected chi connectivity index (χ4v) is 2.22. The minimum absolute atomic E-state index is 0.436. The molecule has 2 rings (SSSR count). The minimum Gasteiger partial charge on any atom is -0.270 e. The molecule has 5 heteroatoms. The highest BCUT2D eigenvalue weighted by Crippen LogP contribution is 2.23. The van der Waals surface area contributed by atoms with Gasteiger partial charge in [0.25, 0.3) is 10.1 Å². The molecule has 84 valence electrons. The first kappa shape index (κ1) is 11.0. The van der Waals surface area contributed by atoms with E-state index in [0.717, 1.165) is 7.11 Å². The van der Waals surface area contributed by atoms with E-state index < -0.39 is 20.8 Å². The number of fused-ring (bicyclic) bond motifs is 1. The first-order valence-corrected chi connectivity index (χ1v) is 5.94. The maximum Gasteiger partial charge on any atom is 0.299 e. The molecule has 0 spiro atoms. The van der Waals surface area contributed by atoms with Gasteiger partial charge in [-0.3, -0.25) is 4.18 Å². The first-order valence-electron chi connectivity index (χ1n) is 4.53. The Morgan fingerprint density at radius 2 is 1.69 bits per heavy atom. The Hall–Kier alpha value is -1.46. The third kappa shape index (κ3) is 1.79. The smallest absolute Gasteiger partial charge is 0.270 e. The first-order chi connectivity index (χ1) is 7.54. The van der Waals surface area contributed by atoms with Crippen LogP contribution in [0.15, 0.2) is 41.3 Å². The van der Waals surface area contributed by atoms with E-state index in [1.54, 1.807) is 24.3 Å². The van der Waals surface area contributed by atoms with E-state index in [2.05, 4.69) is 4.18 Å². The molecule has 2 aromatic rings. The van der Waals surface area contributed by atoms with Crippen molar-refractivity contribution >= 4 is 20.9 Å². The van der Waals surface area contributed by atoms with Gasteiger partial charge in [0.1, 0.15) is 10.7 Å². The molecule has 0 amide bonds. The summed E-state index contributed by atoms with van der Waals surface area (Å²) >= 11 is 0. The predicted octanol–water partition coefficient (Wildman–Crippen LogP) is 2.31. The summed E-state index contributed by atoms with van der Waals surface area (Å²) in [6.07, 6.45) is 0. The van der Waals surface area contributed by atoms with E-state index in [9.17, 15) is 12.8 Å². The second-order valence-electron chi connectivity index (χ2n) is 3.25. The van der Waals surface area contributed by atoms with Crippen LogP contribution in [0.25, 0.3) is 10.8 Å². The quantitative estimate of drug-likeness (QED) is 0.756. The van der Waals surface area contributed by atoms with E-state index in [0.29, 0.717) is 10.8 Å². The third-order valence-electron chi connectivity index (χ3n) is 2.29. The van der Waals surface area contributed by atoms with Crippen LogP contribution in [-0.2, 0) is 14.3 Å². The van der Waals surface area contributed by atoms with Crippen molar-refractivity contribution in [1.82, 2.24) is 0 Å². The molecule has 0 heterocycles. The van der Waals surface area contributed by atoms with Crippen molar-refractivity contribution in [3.63, 3.8) is 0 Å². The molecule has 0 aliphatic rings. The summed E-state index contributed by atoms with van der Waals surface area (Å²) in [6, 6.07) is 9.38. The summed E-state index contributed by atoms with van der Waals surface area (Å²) in [4.78, 5) is -0.436. The Kier molecular flexibility index (Phi) is 2.65. The number of hydrogen-bond donors (Lipinski definition) is 0. The van der Waals surface area contributed by atoms with Gasteiger partial charge in [-0.05, 0) is 22.9 Å².